The summed E-state index contributed by atoms with van der Waals surface area (Å²) in [7, 11) is 0. The Morgan fingerprint density at radius 1 is 1.64 bits per heavy atom. The van der Waals surface area contributed by atoms with Crippen molar-refractivity contribution in [1.29, 1.82) is 0 Å². The van der Waals surface area contributed by atoms with E-state index in [0.29, 0.717) is 13.0 Å². The predicted octanol–water partition coefficient (Wildman–Crippen LogP) is 1.42. The van der Waals surface area contributed by atoms with E-state index in [0.717, 1.165) is 16.9 Å². The number of nitrogens with one attached hydrogen (secondary N) is 1. The average molecular weight is 213 g/mol. The molecule has 0 unspecified atom stereocenters. The molecule has 1 heterocycles. The predicted molar refractivity (Wildman–Crippen MR) is 57.7 cm³/mol. The molecular weight excluding hydrogens is 198 g/mol. The van der Waals surface area contributed by atoms with Crippen LogP contribution in [0.15, 0.2) is 11.4 Å². The van der Waals surface area contributed by atoms with Crippen LogP contribution in [-0.2, 0) is 6.42 Å². The van der Waals surface area contributed by atoms with Crippen molar-refractivity contribution < 1.29 is 9.90 Å². The van der Waals surface area contributed by atoms with Crippen LogP contribution in [0, 0.1) is 0 Å². The van der Waals surface area contributed by atoms with Crippen molar-refractivity contribution in [2.45, 2.75) is 19.8 Å². The topological polar surface area (TPSA) is 49.3 Å². The minimum absolute atomic E-state index is 0.0229. The monoisotopic (exact) mass is 213 g/mol. The number of amides is 1. The number of aliphatic hydroxyl groups is 1. The number of thiophene rings is 1. The second-order valence-electron chi connectivity index (χ2n) is 2.96. The second-order valence-corrected chi connectivity index (χ2v) is 3.88. The zero-order chi connectivity index (χ0) is 10.4. The quantitative estimate of drug-likeness (QED) is 0.727. The van der Waals surface area contributed by atoms with Crippen molar-refractivity contribution in [3.63, 3.8) is 0 Å². The van der Waals surface area contributed by atoms with Crippen LogP contribution in [0.1, 0.15) is 28.6 Å². The summed E-state index contributed by atoms with van der Waals surface area (Å²) >= 11 is 1.47. The van der Waals surface area contributed by atoms with Gasteiger partial charge in [0, 0.05) is 13.2 Å². The molecule has 14 heavy (non-hydrogen) atoms. The Labute approximate surface area is 87.8 Å². The first kappa shape index (κ1) is 11.2. The van der Waals surface area contributed by atoms with E-state index in [1.807, 2.05) is 18.4 Å². The third-order valence-electron chi connectivity index (χ3n) is 1.95. The minimum Gasteiger partial charge on any atom is -0.396 e. The lowest BCUT2D eigenvalue weighted by molar-refractivity contribution is 0.0954. The van der Waals surface area contributed by atoms with E-state index in [1.54, 1.807) is 0 Å². The van der Waals surface area contributed by atoms with E-state index in [4.69, 9.17) is 5.11 Å². The van der Waals surface area contributed by atoms with E-state index in [9.17, 15) is 4.79 Å². The molecule has 0 bridgehead atoms. The molecule has 3 nitrogen and oxygen atoms in total. The number of aliphatic hydroxyl groups excluding tert-OH is 1. The molecule has 0 radical (unpaired) electrons. The number of hydrogen-bond donors (Lipinski definition) is 2. The van der Waals surface area contributed by atoms with Crippen LogP contribution in [-0.4, -0.2) is 24.2 Å². The van der Waals surface area contributed by atoms with E-state index >= 15 is 0 Å². The summed E-state index contributed by atoms with van der Waals surface area (Å²) in [5.41, 5.74) is 1.09. The highest BCUT2D eigenvalue weighted by Crippen LogP contribution is 2.16. The standard InChI is InChI=1S/C10H15NO2S/c1-2-8-4-7-14-9(8)10(13)11-5-3-6-12/h4,7,12H,2-3,5-6H2,1H3,(H,11,13). The second kappa shape index (κ2) is 5.78. The first-order chi connectivity index (χ1) is 6.79. The van der Waals surface area contributed by atoms with Crippen molar-refractivity contribution in [3.05, 3.63) is 21.9 Å². The lowest BCUT2D eigenvalue weighted by Gasteiger charge is -2.03. The van der Waals surface area contributed by atoms with Gasteiger partial charge in [0.15, 0.2) is 0 Å². The van der Waals surface area contributed by atoms with E-state index < -0.39 is 0 Å². The first-order valence-electron chi connectivity index (χ1n) is 4.75. The number of aryl methyl sites for hydroxylation is 1. The summed E-state index contributed by atoms with van der Waals surface area (Å²) in [6, 6.07) is 1.98. The number of carbonyl (C=O) groups excluding carboxylic acids is 1. The van der Waals surface area contributed by atoms with Crippen LogP contribution >= 0.6 is 11.3 Å². The fraction of sp³-hybridized carbons (Fsp3) is 0.500. The van der Waals surface area contributed by atoms with E-state index in [-0.39, 0.29) is 12.5 Å². The van der Waals surface area contributed by atoms with Crippen molar-refractivity contribution >= 4 is 17.2 Å². The first-order valence-corrected chi connectivity index (χ1v) is 5.63. The fourth-order valence-corrected chi connectivity index (χ4v) is 2.09. The molecule has 0 spiro atoms. The van der Waals surface area contributed by atoms with Gasteiger partial charge in [-0.25, -0.2) is 0 Å². The van der Waals surface area contributed by atoms with Crippen molar-refractivity contribution in [2.75, 3.05) is 13.2 Å². The lowest BCUT2D eigenvalue weighted by atomic mass is 10.2. The number of carbonyl (C=O) groups is 1. The normalized spacial score (nSPS) is 10.1. The maximum Gasteiger partial charge on any atom is 0.261 e. The summed E-state index contributed by atoms with van der Waals surface area (Å²) < 4.78 is 0. The molecule has 0 aliphatic carbocycles. The highest BCUT2D eigenvalue weighted by Gasteiger charge is 2.10. The summed E-state index contributed by atoms with van der Waals surface area (Å²) in [6.07, 6.45) is 1.49. The molecule has 1 aromatic rings. The zero-order valence-electron chi connectivity index (χ0n) is 8.25. The van der Waals surface area contributed by atoms with Crippen LogP contribution in [0.2, 0.25) is 0 Å². The molecule has 1 aromatic heterocycles. The van der Waals surface area contributed by atoms with E-state index in [1.165, 1.54) is 11.3 Å². The van der Waals surface area contributed by atoms with Gasteiger partial charge in [-0.15, -0.1) is 11.3 Å². The minimum atomic E-state index is -0.0229. The fourth-order valence-electron chi connectivity index (χ4n) is 1.17. The van der Waals surface area contributed by atoms with Crippen molar-refractivity contribution in [3.8, 4) is 0 Å². The lowest BCUT2D eigenvalue weighted by Crippen LogP contribution is -2.24. The Hall–Kier alpha value is -0.870. The number of rotatable bonds is 5. The zero-order valence-corrected chi connectivity index (χ0v) is 9.06. The largest absolute Gasteiger partial charge is 0.396 e. The molecule has 0 saturated heterocycles. The van der Waals surface area contributed by atoms with Crippen molar-refractivity contribution in [2.24, 2.45) is 0 Å². The summed E-state index contributed by atoms with van der Waals surface area (Å²) in [6.45, 7) is 2.69. The maximum atomic E-state index is 11.6. The molecule has 0 aromatic carbocycles. The molecule has 2 N–H and O–H groups in total. The summed E-state index contributed by atoms with van der Waals surface area (Å²) in [4.78, 5) is 12.4. The van der Waals surface area contributed by atoms with Crippen LogP contribution < -0.4 is 5.32 Å². The van der Waals surface area contributed by atoms with Gasteiger partial charge in [-0.1, -0.05) is 6.92 Å². The van der Waals surface area contributed by atoms with E-state index in [2.05, 4.69) is 5.32 Å². The molecule has 0 atom stereocenters. The van der Waals surface area contributed by atoms with Gasteiger partial charge >= 0.3 is 0 Å². The van der Waals surface area contributed by atoms with Gasteiger partial charge in [-0.2, -0.15) is 0 Å². The summed E-state index contributed by atoms with van der Waals surface area (Å²) in [5, 5.41) is 13.3. The summed E-state index contributed by atoms with van der Waals surface area (Å²) in [5.74, 6) is -0.0229. The van der Waals surface area contributed by atoms with Crippen LogP contribution in [0.5, 0.6) is 0 Å². The number of hydrogen-bond acceptors (Lipinski definition) is 3. The molecule has 78 valence electrons. The Balaban J connectivity index is 2.51. The van der Waals surface area contributed by atoms with Crippen molar-refractivity contribution in [1.82, 2.24) is 5.32 Å². The highest BCUT2D eigenvalue weighted by molar-refractivity contribution is 7.12. The van der Waals surface area contributed by atoms with Crippen LogP contribution in [0.3, 0.4) is 0 Å². The average Bonchev–Trinajstić information content (AvgIpc) is 2.65. The van der Waals surface area contributed by atoms with Gasteiger partial charge in [-0.05, 0) is 29.9 Å². The van der Waals surface area contributed by atoms with Gasteiger partial charge in [0.05, 0.1) is 4.88 Å². The third kappa shape index (κ3) is 2.82. The van der Waals surface area contributed by atoms with Crippen LogP contribution in [0.4, 0.5) is 0 Å². The molecule has 0 saturated carbocycles. The Morgan fingerprint density at radius 2 is 2.43 bits per heavy atom. The maximum absolute atomic E-state index is 11.6. The van der Waals surface area contributed by atoms with Gasteiger partial charge in [-0.3, -0.25) is 4.79 Å². The highest BCUT2D eigenvalue weighted by atomic mass is 32.1. The molecular formula is C10H15NO2S. The van der Waals surface area contributed by atoms with Gasteiger partial charge < -0.3 is 10.4 Å². The molecule has 0 aliphatic heterocycles. The molecule has 1 amide bonds. The molecule has 0 fully saturated rings. The Kier molecular flexibility index (Phi) is 4.62. The molecule has 1 rings (SSSR count). The smallest absolute Gasteiger partial charge is 0.261 e. The molecule has 0 aliphatic rings. The Morgan fingerprint density at radius 3 is 3.07 bits per heavy atom. The SMILES string of the molecule is CCc1ccsc1C(=O)NCCCO. The molecule has 4 heteroatoms. The van der Waals surface area contributed by atoms with Gasteiger partial charge in [0.2, 0.25) is 0 Å². The Bertz CT molecular complexity index is 296. The van der Waals surface area contributed by atoms with Gasteiger partial charge in [0.1, 0.15) is 0 Å². The third-order valence-corrected chi connectivity index (χ3v) is 2.91. The van der Waals surface area contributed by atoms with Crippen LogP contribution in [0.25, 0.3) is 0 Å². The van der Waals surface area contributed by atoms with Gasteiger partial charge in [0.25, 0.3) is 5.91 Å².